The average molecular weight is 199 g/mol. The van der Waals surface area contributed by atoms with Gasteiger partial charge in [0.05, 0.1) is 11.7 Å². The van der Waals surface area contributed by atoms with Crippen LogP contribution in [0.4, 0.5) is 0 Å². The van der Waals surface area contributed by atoms with Gasteiger partial charge < -0.3 is 4.74 Å². The van der Waals surface area contributed by atoms with Gasteiger partial charge in [0, 0.05) is 5.39 Å². The fraction of sp³-hybridized carbons (Fsp3) is 0.154. The van der Waals surface area contributed by atoms with Gasteiger partial charge in [-0.05, 0) is 19.1 Å². The van der Waals surface area contributed by atoms with E-state index in [0.717, 1.165) is 16.7 Å². The van der Waals surface area contributed by atoms with Crippen LogP contribution in [0, 0.1) is 0 Å². The molecule has 2 aromatic rings. The molecule has 0 aliphatic heterocycles. The van der Waals surface area contributed by atoms with Gasteiger partial charge in [0.1, 0.15) is 11.9 Å². The number of rotatable bonds is 3. The Bertz CT molecular complexity index is 479. The molecule has 0 aliphatic rings. The third kappa shape index (κ3) is 2.15. The molecule has 0 radical (unpaired) electrons. The van der Waals surface area contributed by atoms with Crippen LogP contribution in [0.25, 0.3) is 10.9 Å². The third-order valence-electron chi connectivity index (χ3n) is 2.22. The minimum absolute atomic E-state index is 0.00737. The predicted octanol–water partition coefficient (Wildman–Crippen LogP) is 3.19. The second-order valence-electron chi connectivity index (χ2n) is 3.42. The van der Waals surface area contributed by atoms with Crippen LogP contribution in [0.5, 0.6) is 5.75 Å². The molecule has 0 fully saturated rings. The molecule has 1 aromatic heterocycles. The normalized spacial score (nSPS) is 12.3. The van der Waals surface area contributed by atoms with Crippen molar-refractivity contribution in [3.05, 3.63) is 49.2 Å². The monoisotopic (exact) mass is 199 g/mol. The maximum absolute atomic E-state index is 5.59. The largest absolute Gasteiger partial charge is 0.485 e. The minimum atomic E-state index is 0.00737. The average Bonchev–Trinajstić information content (AvgIpc) is 2.29. The van der Waals surface area contributed by atoms with E-state index in [4.69, 9.17) is 4.74 Å². The smallest absolute Gasteiger partial charge is 0.139 e. The zero-order valence-corrected chi connectivity index (χ0v) is 8.68. The van der Waals surface area contributed by atoms with Crippen LogP contribution in [0.15, 0.2) is 49.2 Å². The van der Waals surface area contributed by atoms with E-state index in [-0.39, 0.29) is 6.10 Å². The van der Waals surface area contributed by atoms with Gasteiger partial charge in [-0.1, -0.05) is 30.9 Å². The summed E-state index contributed by atoms with van der Waals surface area (Å²) in [6.45, 7) is 5.62. The van der Waals surface area contributed by atoms with E-state index in [1.807, 2.05) is 37.3 Å². The van der Waals surface area contributed by atoms with Crippen molar-refractivity contribution in [2.24, 2.45) is 0 Å². The molecule has 2 nitrogen and oxygen atoms in total. The number of ether oxygens (including phenoxy) is 1. The zero-order valence-electron chi connectivity index (χ0n) is 8.68. The van der Waals surface area contributed by atoms with Gasteiger partial charge >= 0.3 is 0 Å². The second-order valence-corrected chi connectivity index (χ2v) is 3.42. The van der Waals surface area contributed by atoms with Gasteiger partial charge in [0.15, 0.2) is 0 Å². The van der Waals surface area contributed by atoms with Crippen LogP contribution >= 0.6 is 0 Å². The summed E-state index contributed by atoms with van der Waals surface area (Å²) in [5, 5.41) is 1.09. The molecule has 0 bridgehead atoms. The number of benzene rings is 1. The van der Waals surface area contributed by atoms with Crippen molar-refractivity contribution in [2.45, 2.75) is 13.0 Å². The molecule has 0 spiro atoms. The Morgan fingerprint density at radius 1 is 1.40 bits per heavy atom. The van der Waals surface area contributed by atoms with Gasteiger partial charge in [-0.25, -0.2) is 0 Å². The standard InChI is InChI=1S/C13H13NO/c1-3-10(2)15-12-8-11-6-4-5-7-13(11)14-9-12/h3-10H,1H2,2H3. The van der Waals surface area contributed by atoms with E-state index < -0.39 is 0 Å². The number of para-hydroxylation sites is 1. The Balaban J connectivity index is 2.34. The van der Waals surface area contributed by atoms with E-state index in [2.05, 4.69) is 11.6 Å². The molecule has 76 valence electrons. The van der Waals surface area contributed by atoms with Gasteiger partial charge in [0.25, 0.3) is 0 Å². The number of fused-ring (bicyclic) bond motifs is 1. The molecule has 1 atom stereocenters. The number of nitrogens with zero attached hydrogens (tertiary/aromatic N) is 1. The number of aromatic nitrogens is 1. The summed E-state index contributed by atoms with van der Waals surface area (Å²) in [5.41, 5.74) is 0.983. The molecule has 1 heterocycles. The van der Waals surface area contributed by atoms with E-state index in [9.17, 15) is 0 Å². The molecular formula is C13H13NO. The van der Waals surface area contributed by atoms with Crippen molar-refractivity contribution < 1.29 is 4.74 Å². The van der Waals surface area contributed by atoms with Gasteiger partial charge in [-0.3, -0.25) is 4.98 Å². The van der Waals surface area contributed by atoms with Crippen molar-refractivity contribution in [2.75, 3.05) is 0 Å². The van der Waals surface area contributed by atoms with Crippen LogP contribution in [0.3, 0.4) is 0 Å². The molecule has 2 rings (SSSR count). The summed E-state index contributed by atoms with van der Waals surface area (Å²) in [5.74, 6) is 0.779. The number of hydrogen-bond donors (Lipinski definition) is 0. The molecule has 0 saturated heterocycles. The van der Waals surface area contributed by atoms with Crippen molar-refractivity contribution in [1.29, 1.82) is 0 Å². The minimum Gasteiger partial charge on any atom is -0.485 e. The molecule has 1 aromatic carbocycles. The highest BCUT2D eigenvalue weighted by molar-refractivity contribution is 5.79. The Labute approximate surface area is 89.2 Å². The van der Waals surface area contributed by atoms with Crippen molar-refractivity contribution in [3.8, 4) is 5.75 Å². The number of pyridine rings is 1. The van der Waals surface area contributed by atoms with Gasteiger partial charge in [0.2, 0.25) is 0 Å². The molecule has 15 heavy (non-hydrogen) atoms. The Hall–Kier alpha value is -1.83. The molecular weight excluding hydrogens is 186 g/mol. The van der Waals surface area contributed by atoms with Crippen LogP contribution in [0.1, 0.15) is 6.92 Å². The summed E-state index contributed by atoms with van der Waals surface area (Å²) in [6.07, 6.45) is 3.50. The van der Waals surface area contributed by atoms with E-state index in [1.54, 1.807) is 12.3 Å². The van der Waals surface area contributed by atoms with Gasteiger partial charge in [-0.2, -0.15) is 0 Å². The van der Waals surface area contributed by atoms with E-state index >= 15 is 0 Å². The lowest BCUT2D eigenvalue weighted by Gasteiger charge is -2.10. The first kappa shape index (κ1) is 9.71. The molecule has 0 saturated carbocycles. The van der Waals surface area contributed by atoms with Crippen molar-refractivity contribution in [1.82, 2.24) is 4.98 Å². The maximum Gasteiger partial charge on any atom is 0.139 e. The van der Waals surface area contributed by atoms with Crippen LogP contribution in [-0.4, -0.2) is 11.1 Å². The molecule has 0 amide bonds. The summed E-state index contributed by atoms with van der Waals surface area (Å²) in [7, 11) is 0. The second kappa shape index (κ2) is 4.13. The van der Waals surface area contributed by atoms with Crippen LogP contribution in [-0.2, 0) is 0 Å². The Morgan fingerprint density at radius 2 is 2.20 bits per heavy atom. The first-order valence-corrected chi connectivity index (χ1v) is 4.93. The molecule has 1 unspecified atom stereocenters. The first-order valence-electron chi connectivity index (χ1n) is 4.93. The zero-order chi connectivity index (χ0) is 10.7. The Morgan fingerprint density at radius 3 is 3.00 bits per heavy atom. The fourth-order valence-electron chi connectivity index (χ4n) is 1.38. The highest BCUT2D eigenvalue weighted by atomic mass is 16.5. The predicted molar refractivity (Wildman–Crippen MR) is 62.0 cm³/mol. The molecule has 0 N–H and O–H groups in total. The topological polar surface area (TPSA) is 22.1 Å². The number of hydrogen-bond acceptors (Lipinski definition) is 2. The van der Waals surface area contributed by atoms with E-state index in [1.165, 1.54) is 0 Å². The fourth-order valence-corrected chi connectivity index (χ4v) is 1.38. The maximum atomic E-state index is 5.59. The highest BCUT2D eigenvalue weighted by Gasteiger charge is 2.00. The van der Waals surface area contributed by atoms with Crippen LogP contribution in [0.2, 0.25) is 0 Å². The first-order chi connectivity index (χ1) is 7.29. The summed E-state index contributed by atoms with van der Waals surface area (Å²) < 4.78 is 5.59. The Kier molecular flexibility index (Phi) is 2.68. The molecule has 2 heteroatoms. The lowest BCUT2D eigenvalue weighted by atomic mass is 10.2. The third-order valence-corrected chi connectivity index (χ3v) is 2.22. The van der Waals surface area contributed by atoms with Crippen LogP contribution < -0.4 is 4.74 Å². The van der Waals surface area contributed by atoms with E-state index in [0.29, 0.717) is 0 Å². The quantitative estimate of drug-likeness (QED) is 0.708. The summed E-state index contributed by atoms with van der Waals surface area (Å²) in [6, 6.07) is 9.96. The van der Waals surface area contributed by atoms with Crippen molar-refractivity contribution >= 4 is 10.9 Å². The summed E-state index contributed by atoms with van der Waals surface area (Å²) in [4.78, 5) is 4.31. The van der Waals surface area contributed by atoms with Gasteiger partial charge in [-0.15, -0.1) is 0 Å². The lowest BCUT2D eigenvalue weighted by Crippen LogP contribution is -2.07. The molecule has 0 aliphatic carbocycles. The summed E-state index contributed by atoms with van der Waals surface area (Å²) >= 11 is 0. The lowest BCUT2D eigenvalue weighted by molar-refractivity contribution is 0.269. The highest BCUT2D eigenvalue weighted by Crippen LogP contribution is 2.18. The van der Waals surface area contributed by atoms with Crippen molar-refractivity contribution in [3.63, 3.8) is 0 Å². The SMILES string of the molecule is C=CC(C)Oc1cnc2ccccc2c1.